The highest BCUT2D eigenvalue weighted by atomic mass is 35.5. The van der Waals surface area contributed by atoms with Gasteiger partial charge in [0.25, 0.3) is 5.91 Å². The van der Waals surface area contributed by atoms with Crippen molar-refractivity contribution in [3.05, 3.63) is 41.4 Å². The van der Waals surface area contributed by atoms with E-state index in [-0.39, 0.29) is 23.4 Å². The van der Waals surface area contributed by atoms with E-state index in [4.69, 9.17) is 16.3 Å². The van der Waals surface area contributed by atoms with Gasteiger partial charge in [-0.3, -0.25) is 19.0 Å². The molecule has 0 aliphatic carbocycles. The number of Topliss-reactive ketones (excluding diaryl/α,β-unsaturated/α-hetero) is 1. The monoisotopic (exact) mass is 531 g/mol. The molecule has 1 N–H and O–H groups in total. The molecule has 1 atom stereocenters. The fraction of sp³-hybridized carbons (Fsp3) is 0.440. The van der Waals surface area contributed by atoms with Gasteiger partial charge in [0.2, 0.25) is 0 Å². The quantitative estimate of drug-likeness (QED) is 0.180. The number of hydrogen-bond donors (Lipinski definition) is 1. The van der Waals surface area contributed by atoms with E-state index in [0.717, 1.165) is 17.3 Å². The van der Waals surface area contributed by atoms with Gasteiger partial charge in [0, 0.05) is 5.41 Å². The molecule has 3 aromatic rings. The van der Waals surface area contributed by atoms with Crippen LogP contribution in [-0.2, 0) is 19.1 Å². The van der Waals surface area contributed by atoms with E-state index in [9.17, 15) is 14.4 Å². The van der Waals surface area contributed by atoms with Crippen molar-refractivity contribution in [2.75, 3.05) is 17.7 Å². The lowest BCUT2D eigenvalue weighted by Crippen LogP contribution is -2.38. The molecule has 0 bridgehead atoms. The number of halogens is 1. The zero-order valence-electron chi connectivity index (χ0n) is 21.2. The van der Waals surface area contributed by atoms with Crippen molar-refractivity contribution in [2.45, 2.75) is 52.6 Å². The minimum Gasteiger partial charge on any atom is -0.465 e. The van der Waals surface area contributed by atoms with Crippen LogP contribution in [0.25, 0.3) is 11.2 Å². The topological polar surface area (TPSA) is 116 Å². The van der Waals surface area contributed by atoms with Crippen LogP contribution in [0.1, 0.15) is 46.2 Å². The van der Waals surface area contributed by atoms with Crippen molar-refractivity contribution in [1.82, 2.24) is 19.5 Å². The smallest absolute Gasteiger partial charge is 0.316 e. The molecule has 0 radical (unpaired) electrons. The molecule has 0 saturated heterocycles. The van der Waals surface area contributed by atoms with Crippen molar-refractivity contribution in [2.24, 2.45) is 11.3 Å². The highest BCUT2D eigenvalue weighted by Crippen LogP contribution is 2.31. The molecule has 0 aliphatic rings. The van der Waals surface area contributed by atoms with E-state index >= 15 is 0 Å². The molecule has 0 spiro atoms. The number of amides is 1. The number of ketones is 1. The summed E-state index contributed by atoms with van der Waals surface area (Å²) in [5, 5.41) is 3.59. The summed E-state index contributed by atoms with van der Waals surface area (Å²) in [5.41, 5.74) is 1.19. The summed E-state index contributed by atoms with van der Waals surface area (Å²) >= 11 is 7.47. The van der Waals surface area contributed by atoms with Gasteiger partial charge >= 0.3 is 5.97 Å². The molecule has 0 aliphatic heterocycles. The number of benzene rings is 1. The first-order chi connectivity index (χ1) is 16.9. The van der Waals surface area contributed by atoms with Crippen molar-refractivity contribution in [3.63, 3.8) is 0 Å². The second-order valence-corrected chi connectivity index (χ2v) is 11.2. The number of hydrogen-bond acceptors (Lipinski definition) is 8. The first kappa shape index (κ1) is 27.6. The minimum absolute atomic E-state index is 0.0441. The number of carbonyl (C=O) groups excluding carboxylic acids is 3. The van der Waals surface area contributed by atoms with Crippen LogP contribution >= 0.6 is 23.4 Å². The zero-order chi connectivity index (χ0) is 26.6. The van der Waals surface area contributed by atoms with Crippen LogP contribution in [0.2, 0.25) is 5.02 Å². The predicted molar refractivity (Wildman–Crippen MR) is 140 cm³/mol. The molecule has 0 saturated carbocycles. The van der Waals surface area contributed by atoms with Crippen LogP contribution in [0.15, 0.2) is 35.9 Å². The number of ether oxygens (including phenoxy) is 1. The van der Waals surface area contributed by atoms with Crippen molar-refractivity contribution in [1.29, 1.82) is 0 Å². The number of nitrogens with zero attached hydrogens (tertiary/aromatic N) is 4. The van der Waals surface area contributed by atoms with Gasteiger partial charge < -0.3 is 10.1 Å². The van der Waals surface area contributed by atoms with E-state index in [0.29, 0.717) is 33.5 Å². The lowest BCUT2D eigenvalue weighted by atomic mass is 9.86. The number of aryl methyl sites for hydroxylation is 1. The number of aromatic nitrogens is 4. The maximum Gasteiger partial charge on any atom is 0.316 e. The highest BCUT2D eigenvalue weighted by molar-refractivity contribution is 8.00. The average Bonchev–Trinajstić information content (AvgIpc) is 3.22. The zero-order valence-corrected chi connectivity index (χ0v) is 22.7. The molecule has 2 aromatic heterocycles. The van der Waals surface area contributed by atoms with Crippen LogP contribution in [-0.4, -0.2) is 49.5 Å². The van der Waals surface area contributed by atoms with Crippen LogP contribution in [0.4, 0.5) is 5.69 Å². The SMILES string of the molecule is Cc1ccc(NC(=O)C(C(=O)C(C)(C)C)n2cnc3c(SCC(=O)OCC(C)C)ncnc32)c(Cl)c1. The van der Waals surface area contributed by atoms with E-state index in [1.165, 1.54) is 17.2 Å². The lowest BCUT2D eigenvalue weighted by molar-refractivity contribution is -0.141. The Balaban J connectivity index is 1.94. The standard InChI is InChI=1S/C25H30ClN5O4S/c1-14(2)10-35-18(32)11-36-24-19-22(27-12-28-24)31(13-29-19)20(21(33)25(4,5)6)23(34)30-17-8-7-15(3)9-16(17)26/h7-9,12-14,20H,10-11H2,1-6H3,(H,30,34). The lowest BCUT2D eigenvalue weighted by Gasteiger charge is -2.25. The van der Waals surface area contributed by atoms with Crippen LogP contribution in [0.3, 0.4) is 0 Å². The van der Waals surface area contributed by atoms with E-state index in [2.05, 4.69) is 20.3 Å². The van der Waals surface area contributed by atoms with Gasteiger partial charge in [0.15, 0.2) is 17.5 Å². The summed E-state index contributed by atoms with van der Waals surface area (Å²) in [6.45, 7) is 11.4. The number of thioether (sulfide) groups is 1. The van der Waals surface area contributed by atoms with Gasteiger partial charge in [-0.15, -0.1) is 0 Å². The fourth-order valence-electron chi connectivity index (χ4n) is 3.26. The Bertz CT molecular complexity index is 1290. The van der Waals surface area contributed by atoms with Crippen LogP contribution in [0, 0.1) is 18.3 Å². The Morgan fingerprint density at radius 2 is 1.89 bits per heavy atom. The van der Waals surface area contributed by atoms with E-state index in [1.54, 1.807) is 32.9 Å². The third-order valence-electron chi connectivity index (χ3n) is 5.13. The van der Waals surface area contributed by atoms with Crippen molar-refractivity contribution in [3.8, 4) is 0 Å². The molecular weight excluding hydrogens is 502 g/mol. The van der Waals surface area contributed by atoms with Gasteiger partial charge in [-0.05, 0) is 30.5 Å². The second-order valence-electron chi connectivity index (χ2n) is 9.86. The number of rotatable bonds is 9. The van der Waals surface area contributed by atoms with Gasteiger partial charge in [0.1, 0.15) is 16.9 Å². The molecule has 36 heavy (non-hydrogen) atoms. The Labute approximate surface area is 219 Å². The summed E-state index contributed by atoms with van der Waals surface area (Å²) < 4.78 is 6.65. The predicted octanol–water partition coefficient (Wildman–Crippen LogP) is 4.87. The molecule has 3 rings (SSSR count). The largest absolute Gasteiger partial charge is 0.465 e. The summed E-state index contributed by atoms with van der Waals surface area (Å²) in [6.07, 6.45) is 2.71. The molecule has 1 amide bonds. The third-order valence-corrected chi connectivity index (χ3v) is 6.39. The summed E-state index contributed by atoms with van der Waals surface area (Å²) in [6, 6.07) is 3.98. The number of esters is 1. The van der Waals surface area contributed by atoms with Gasteiger partial charge in [0.05, 0.1) is 29.4 Å². The number of fused-ring (bicyclic) bond motifs is 1. The molecule has 1 aromatic carbocycles. The van der Waals surface area contributed by atoms with Crippen LogP contribution in [0.5, 0.6) is 0 Å². The Morgan fingerprint density at radius 3 is 2.53 bits per heavy atom. The molecule has 2 heterocycles. The number of nitrogens with one attached hydrogen (secondary N) is 1. The molecule has 192 valence electrons. The molecule has 11 heteroatoms. The Hall–Kier alpha value is -2.98. The summed E-state index contributed by atoms with van der Waals surface area (Å²) in [5.74, 6) is -0.978. The summed E-state index contributed by atoms with van der Waals surface area (Å²) in [7, 11) is 0. The molecular formula is C25H30ClN5O4S. The Morgan fingerprint density at radius 1 is 1.17 bits per heavy atom. The molecule has 1 unspecified atom stereocenters. The van der Waals surface area contributed by atoms with Crippen LogP contribution < -0.4 is 5.32 Å². The van der Waals surface area contributed by atoms with Crippen molar-refractivity contribution < 1.29 is 19.1 Å². The molecule has 0 fully saturated rings. The van der Waals surface area contributed by atoms with Gasteiger partial charge in [-0.1, -0.05) is 64.0 Å². The Kier molecular flexibility index (Phi) is 8.73. The first-order valence-electron chi connectivity index (χ1n) is 11.5. The second kappa shape index (κ2) is 11.4. The fourth-order valence-corrected chi connectivity index (χ4v) is 4.28. The normalized spacial score (nSPS) is 12.6. The molecule has 9 nitrogen and oxygen atoms in total. The van der Waals surface area contributed by atoms with E-state index < -0.39 is 17.4 Å². The highest BCUT2D eigenvalue weighted by Gasteiger charge is 2.37. The van der Waals surface area contributed by atoms with Crippen molar-refractivity contribution >= 4 is 57.9 Å². The average molecular weight is 532 g/mol. The number of imidazole rings is 1. The summed E-state index contributed by atoms with van der Waals surface area (Å²) in [4.78, 5) is 51.9. The van der Waals surface area contributed by atoms with Gasteiger partial charge in [-0.25, -0.2) is 15.0 Å². The maximum atomic E-state index is 13.5. The number of carbonyl (C=O) groups is 3. The third kappa shape index (κ3) is 6.61. The van der Waals surface area contributed by atoms with E-state index in [1.807, 2.05) is 26.8 Å². The number of anilines is 1. The first-order valence-corrected chi connectivity index (χ1v) is 12.8. The van der Waals surface area contributed by atoms with Gasteiger partial charge in [-0.2, -0.15) is 0 Å². The maximum absolute atomic E-state index is 13.5. The minimum atomic E-state index is -1.25.